The second kappa shape index (κ2) is 6.51. The number of nitrogens with one attached hydrogen (secondary N) is 2. The predicted octanol–water partition coefficient (Wildman–Crippen LogP) is 2.66. The quantitative estimate of drug-likeness (QED) is 0.888. The highest BCUT2D eigenvalue weighted by atomic mass is 16.1. The van der Waals surface area contributed by atoms with Crippen LogP contribution in [0, 0.1) is 0 Å². The Morgan fingerprint density at radius 3 is 2.58 bits per heavy atom. The number of benzene rings is 1. The van der Waals surface area contributed by atoms with Crippen LogP contribution >= 0.6 is 0 Å². The molecular formula is C19H22N4O. The Morgan fingerprint density at radius 2 is 1.88 bits per heavy atom. The van der Waals surface area contributed by atoms with Gasteiger partial charge in [0, 0.05) is 37.1 Å². The lowest BCUT2D eigenvalue weighted by molar-refractivity contribution is 0.0950. The highest BCUT2D eigenvalue weighted by molar-refractivity contribution is 5.94. The first-order chi connectivity index (χ1) is 11.8. The van der Waals surface area contributed by atoms with Crippen LogP contribution in [-0.4, -0.2) is 36.1 Å². The fourth-order valence-electron chi connectivity index (χ4n) is 3.06. The molecule has 1 aromatic heterocycles. The van der Waals surface area contributed by atoms with Crippen LogP contribution in [0.1, 0.15) is 29.6 Å². The predicted molar refractivity (Wildman–Crippen MR) is 95.4 cm³/mol. The van der Waals surface area contributed by atoms with E-state index in [1.54, 1.807) is 6.20 Å². The van der Waals surface area contributed by atoms with Crippen molar-refractivity contribution >= 4 is 17.4 Å². The van der Waals surface area contributed by atoms with E-state index in [1.807, 2.05) is 30.3 Å². The zero-order valence-corrected chi connectivity index (χ0v) is 13.6. The van der Waals surface area contributed by atoms with Crippen LogP contribution in [0.15, 0.2) is 48.7 Å². The van der Waals surface area contributed by atoms with Crippen molar-refractivity contribution in [1.82, 2.24) is 10.3 Å². The minimum Gasteiger partial charge on any atom is -0.380 e. The standard InChI is InChI=1S/C19H22N4O/c24-19(22-16-7-8-16)14-6-9-18(20-12-14)23-11-10-17(13-23)21-15-4-2-1-3-5-15/h1-6,9,12,16-17,21H,7-8,10-11,13H2,(H,22,24)/t17-/m1/s1. The average molecular weight is 322 g/mol. The fraction of sp³-hybridized carbons (Fsp3) is 0.368. The van der Waals surface area contributed by atoms with Crippen molar-refractivity contribution < 1.29 is 4.79 Å². The van der Waals surface area contributed by atoms with Gasteiger partial charge in [-0.05, 0) is 43.5 Å². The molecule has 0 bridgehead atoms. The van der Waals surface area contributed by atoms with Crippen LogP contribution in [-0.2, 0) is 0 Å². The zero-order chi connectivity index (χ0) is 16.4. The number of hydrogen-bond acceptors (Lipinski definition) is 4. The van der Waals surface area contributed by atoms with E-state index in [1.165, 1.54) is 0 Å². The molecule has 2 fully saturated rings. The maximum Gasteiger partial charge on any atom is 0.253 e. The minimum atomic E-state index is -0.0124. The summed E-state index contributed by atoms with van der Waals surface area (Å²) in [6, 6.07) is 14.9. The molecule has 1 atom stereocenters. The molecule has 5 heteroatoms. The van der Waals surface area contributed by atoms with Gasteiger partial charge in [0.2, 0.25) is 0 Å². The SMILES string of the molecule is O=C(NC1CC1)c1ccc(N2CC[C@@H](Nc3ccccc3)C2)nc1. The summed E-state index contributed by atoms with van der Waals surface area (Å²) in [6.45, 7) is 1.90. The summed E-state index contributed by atoms with van der Waals surface area (Å²) in [5.74, 6) is 0.928. The van der Waals surface area contributed by atoms with Crippen molar-refractivity contribution in [3.05, 3.63) is 54.2 Å². The normalized spacial score (nSPS) is 20.0. The molecule has 1 aliphatic carbocycles. The van der Waals surface area contributed by atoms with E-state index in [2.05, 4.69) is 32.7 Å². The van der Waals surface area contributed by atoms with E-state index in [0.717, 1.165) is 43.9 Å². The molecule has 0 spiro atoms. The zero-order valence-electron chi connectivity index (χ0n) is 13.6. The number of carbonyl (C=O) groups is 1. The lowest BCUT2D eigenvalue weighted by Gasteiger charge is -2.18. The van der Waals surface area contributed by atoms with E-state index in [4.69, 9.17) is 0 Å². The van der Waals surface area contributed by atoms with E-state index >= 15 is 0 Å². The first-order valence-corrected chi connectivity index (χ1v) is 8.61. The number of pyridine rings is 1. The van der Waals surface area contributed by atoms with Crippen LogP contribution in [0.4, 0.5) is 11.5 Å². The van der Waals surface area contributed by atoms with Crippen LogP contribution in [0.5, 0.6) is 0 Å². The number of hydrogen-bond donors (Lipinski definition) is 2. The third-order valence-electron chi connectivity index (χ3n) is 4.58. The van der Waals surface area contributed by atoms with Crippen LogP contribution in [0.2, 0.25) is 0 Å². The Hall–Kier alpha value is -2.56. The summed E-state index contributed by atoms with van der Waals surface area (Å²) < 4.78 is 0. The molecule has 1 saturated heterocycles. The molecule has 24 heavy (non-hydrogen) atoms. The maximum atomic E-state index is 12.0. The summed E-state index contributed by atoms with van der Waals surface area (Å²) in [6.07, 6.45) is 4.97. The number of nitrogens with zero attached hydrogens (tertiary/aromatic N) is 2. The van der Waals surface area contributed by atoms with Crippen molar-refractivity contribution in [2.24, 2.45) is 0 Å². The largest absolute Gasteiger partial charge is 0.380 e. The van der Waals surface area contributed by atoms with Gasteiger partial charge in [0.15, 0.2) is 0 Å². The Morgan fingerprint density at radius 1 is 1.04 bits per heavy atom. The molecule has 5 nitrogen and oxygen atoms in total. The van der Waals surface area contributed by atoms with Gasteiger partial charge in [-0.3, -0.25) is 4.79 Å². The van der Waals surface area contributed by atoms with Gasteiger partial charge in [-0.2, -0.15) is 0 Å². The molecular weight excluding hydrogens is 300 g/mol. The Labute approximate surface area is 142 Å². The number of aromatic nitrogens is 1. The van der Waals surface area contributed by atoms with Crippen molar-refractivity contribution in [1.29, 1.82) is 0 Å². The number of para-hydroxylation sites is 1. The Balaban J connectivity index is 1.35. The van der Waals surface area contributed by atoms with Crippen LogP contribution in [0.25, 0.3) is 0 Å². The van der Waals surface area contributed by atoms with Gasteiger partial charge < -0.3 is 15.5 Å². The van der Waals surface area contributed by atoms with E-state index in [-0.39, 0.29) is 5.91 Å². The fourth-order valence-corrected chi connectivity index (χ4v) is 3.06. The van der Waals surface area contributed by atoms with E-state index in [0.29, 0.717) is 17.6 Å². The third-order valence-corrected chi connectivity index (χ3v) is 4.58. The van der Waals surface area contributed by atoms with Crippen molar-refractivity contribution in [3.63, 3.8) is 0 Å². The smallest absolute Gasteiger partial charge is 0.253 e. The van der Waals surface area contributed by atoms with Gasteiger partial charge in [0.25, 0.3) is 5.91 Å². The van der Waals surface area contributed by atoms with E-state index in [9.17, 15) is 4.79 Å². The van der Waals surface area contributed by atoms with Crippen LogP contribution < -0.4 is 15.5 Å². The number of rotatable bonds is 5. The lowest BCUT2D eigenvalue weighted by Crippen LogP contribution is -2.27. The van der Waals surface area contributed by atoms with Crippen molar-refractivity contribution in [2.75, 3.05) is 23.3 Å². The summed E-state index contributed by atoms with van der Waals surface area (Å²) in [7, 11) is 0. The summed E-state index contributed by atoms with van der Waals surface area (Å²) in [4.78, 5) is 18.8. The molecule has 0 unspecified atom stereocenters. The van der Waals surface area contributed by atoms with Gasteiger partial charge in [-0.15, -0.1) is 0 Å². The number of amides is 1. The highest BCUT2D eigenvalue weighted by Gasteiger charge is 2.25. The molecule has 2 N–H and O–H groups in total. The monoisotopic (exact) mass is 322 g/mol. The molecule has 1 aliphatic heterocycles. The Kier molecular flexibility index (Phi) is 4.07. The van der Waals surface area contributed by atoms with Gasteiger partial charge in [-0.25, -0.2) is 4.98 Å². The average Bonchev–Trinajstić information content (AvgIpc) is 3.31. The van der Waals surface area contributed by atoms with Gasteiger partial charge >= 0.3 is 0 Å². The van der Waals surface area contributed by atoms with Crippen molar-refractivity contribution in [2.45, 2.75) is 31.3 Å². The molecule has 1 aromatic carbocycles. The molecule has 2 heterocycles. The molecule has 1 saturated carbocycles. The lowest BCUT2D eigenvalue weighted by atomic mass is 10.2. The molecule has 124 valence electrons. The second-order valence-electron chi connectivity index (χ2n) is 6.59. The molecule has 4 rings (SSSR count). The molecule has 2 aromatic rings. The second-order valence-corrected chi connectivity index (χ2v) is 6.59. The molecule has 0 radical (unpaired) electrons. The highest BCUT2D eigenvalue weighted by Crippen LogP contribution is 2.22. The maximum absolute atomic E-state index is 12.0. The third kappa shape index (κ3) is 3.50. The summed E-state index contributed by atoms with van der Waals surface area (Å²) >= 11 is 0. The van der Waals surface area contributed by atoms with Crippen LogP contribution in [0.3, 0.4) is 0 Å². The first kappa shape index (κ1) is 15.0. The summed E-state index contributed by atoms with van der Waals surface area (Å²) in [5, 5.41) is 6.56. The van der Waals surface area contributed by atoms with Gasteiger partial charge in [0.05, 0.1) is 5.56 Å². The summed E-state index contributed by atoms with van der Waals surface area (Å²) in [5.41, 5.74) is 1.80. The topological polar surface area (TPSA) is 57.3 Å². The minimum absolute atomic E-state index is 0.0124. The van der Waals surface area contributed by atoms with E-state index < -0.39 is 0 Å². The first-order valence-electron chi connectivity index (χ1n) is 8.61. The number of anilines is 2. The molecule has 2 aliphatic rings. The molecule has 1 amide bonds. The Bertz CT molecular complexity index is 697. The van der Waals surface area contributed by atoms with Gasteiger partial charge in [0.1, 0.15) is 5.82 Å². The van der Waals surface area contributed by atoms with Gasteiger partial charge in [-0.1, -0.05) is 18.2 Å². The van der Waals surface area contributed by atoms with Crippen molar-refractivity contribution in [3.8, 4) is 0 Å². The number of carbonyl (C=O) groups excluding carboxylic acids is 1.